The molecule has 2 rings (SSSR count). The zero-order chi connectivity index (χ0) is 15.8. The van der Waals surface area contributed by atoms with E-state index in [4.69, 9.17) is 4.74 Å². The second kappa shape index (κ2) is 10.5. The quantitative estimate of drug-likeness (QED) is 0.717. The maximum Gasteiger partial charge on any atom is 0.225 e. The second-order valence-electron chi connectivity index (χ2n) is 5.59. The zero-order valence-corrected chi connectivity index (χ0v) is 14.8. The van der Waals surface area contributed by atoms with E-state index in [9.17, 15) is 4.79 Å². The van der Waals surface area contributed by atoms with Gasteiger partial charge in [-0.3, -0.25) is 4.79 Å². The van der Waals surface area contributed by atoms with Gasteiger partial charge in [0.25, 0.3) is 0 Å². The fraction of sp³-hybridized carbons (Fsp3) is 0.588. The van der Waals surface area contributed by atoms with Gasteiger partial charge in [-0.25, -0.2) is 0 Å². The first kappa shape index (κ1) is 19.7. The fourth-order valence-electron chi connectivity index (χ4n) is 2.34. The van der Waals surface area contributed by atoms with E-state index >= 15 is 0 Å². The Morgan fingerprint density at radius 3 is 2.43 bits per heavy atom. The maximum absolute atomic E-state index is 11.7. The summed E-state index contributed by atoms with van der Waals surface area (Å²) in [5.74, 6) is 1.16. The summed E-state index contributed by atoms with van der Waals surface area (Å²) in [5.41, 5.74) is 1.09. The Labute approximate surface area is 145 Å². The molecule has 1 amide bonds. The summed E-state index contributed by atoms with van der Waals surface area (Å²) in [6.07, 6.45) is 0. The highest BCUT2D eigenvalue weighted by atomic mass is 35.5. The molecule has 0 unspecified atom stereocenters. The molecule has 1 heterocycles. The van der Waals surface area contributed by atoms with Crippen molar-refractivity contribution in [1.82, 2.24) is 15.5 Å². The van der Waals surface area contributed by atoms with Gasteiger partial charge in [0.05, 0.1) is 5.92 Å². The van der Waals surface area contributed by atoms with Crippen molar-refractivity contribution in [3.8, 4) is 5.75 Å². The average Bonchev–Trinajstić information content (AvgIpc) is 2.49. The minimum absolute atomic E-state index is 0. The number of halogens is 1. The molecule has 23 heavy (non-hydrogen) atoms. The molecule has 0 bridgehead atoms. The molecule has 6 heteroatoms. The molecule has 1 aromatic rings. The van der Waals surface area contributed by atoms with Gasteiger partial charge in [-0.1, -0.05) is 26.0 Å². The SMILES string of the molecule is CCN(CC)CCOc1ccc(CNC(=O)C2CNC2)cc1.Cl. The number of ether oxygens (including phenoxy) is 1. The van der Waals surface area contributed by atoms with Crippen LogP contribution < -0.4 is 15.4 Å². The molecule has 0 aromatic heterocycles. The molecule has 130 valence electrons. The van der Waals surface area contributed by atoms with Crippen LogP contribution in [0.4, 0.5) is 0 Å². The van der Waals surface area contributed by atoms with E-state index in [2.05, 4.69) is 29.4 Å². The molecular formula is C17H28ClN3O2. The van der Waals surface area contributed by atoms with Gasteiger partial charge >= 0.3 is 0 Å². The minimum atomic E-state index is 0. The molecule has 0 saturated carbocycles. The third kappa shape index (κ3) is 6.37. The van der Waals surface area contributed by atoms with Gasteiger partial charge in [0, 0.05) is 26.2 Å². The molecule has 0 aliphatic carbocycles. The van der Waals surface area contributed by atoms with Crippen molar-refractivity contribution in [2.75, 3.05) is 39.3 Å². The van der Waals surface area contributed by atoms with Crippen LogP contribution in [0, 0.1) is 5.92 Å². The van der Waals surface area contributed by atoms with E-state index in [0.29, 0.717) is 13.2 Å². The number of hydrogen-bond acceptors (Lipinski definition) is 4. The van der Waals surface area contributed by atoms with E-state index in [1.54, 1.807) is 0 Å². The molecular weight excluding hydrogens is 314 g/mol. The van der Waals surface area contributed by atoms with Crippen LogP contribution in [0.2, 0.25) is 0 Å². The molecule has 1 aromatic carbocycles. The lowest BCUT2D eigenvalue weighted by molar-refractivity contribution is -0.126. The van der Waals surface area contributed by atoms with Crippen LogP contribution in [0.1, 0.15) is 19.4 Å². The second-order valence-corrected chi connectivity index (χ2v) is 5.59. The summed E-state index contributed by atoms with van der Waals surface area (Å²) < 4.78 is 5.75. The molecule has 2 N–H and O–H groups in total. The topological polar surface area (TPSA) is 53.6 Å². The lowest BCUT2D eigenvalue weighted by Gasteiger charge is -2.25. The lowest BCUT2D eigenvalue weighted by Crippen LogP contribution is -2.50. The van der Waals surface area contributed by atoms with Gasteiger partial charge in [-0.05, 0) is 30.8 Å². The molecule has 1 aliphatic heterocycles. The highest BCUT2D eigenvalue weighted by Crippen LogP contribution is 2.12. The van der Waals surface area contributed by atoms with E-state index < -0.39 is 0 Å². The first-order chi connectivity index (χ1) is 10.7. The fourth-order valence-corrected chi connectivity index (χ4v) is 2.34. The molecule has 0 radical (unpaired) electrons. The number of benzene rings is 1. The van der Waals surface area contributed by atoms with Crippen LogP contribution in [0.25, 0.3) is 0 Å². The normalized spacial score (nSPS) is 14.0. The van der Waals surface area contributed by atoms with Gasteiger partial charge in [-0.15, -0.1) is 12.4 Å². The number of hydrogen-bond donors (Lipinski definition) is 2. The van der Waals surface area contributed by atoms with Gasteiger partial charge in [0.2, 0.25) is 5.91 Å². The van der Waals surface area contributed by atoms with E-state index in [1.165, 1.54) is 0 Å². The van der Waals surface area contributed by atoms with Crippen molar-refractivity contribution in [1.29, 1.82) is 0 Å². The number of carbonyl (C=O) groups is 1. The number of nitrogens with zero attached hydrogens (tertiary/aromatic N) is 1. The summed E-state index contributed by atoms with van der Waals surface area (Å²) in [6.45, 7) is 10.2. The molecule has 0 atom stereocenters. The maximum atomic E-state index is 11.7. The number of nitrogens with one attached hydrogen (secondary N) is 2. The smallest absolute Gasteiger partial charge is 0.225 e. The molecule has 0 spiro atoms. The monoisotopic (exact) mass is 341 g/mol. The highest BCUT2D eigenvalue weighted by molar-refractivity contribution is 5.85. The Bertz CT molecular complexity index is 459. The van der Waals surface area contributed by atoms with E-state index in [0.717, 1.165) is 44.0 Å². The Morgan fingerprint density at radius 2 is 1.91 bits per heavy atom. The van der Waals surface area contributed by atoms with Crippen molar-refractivity contribution in [3.05, 3.63) is 29.8 Å². The van der Waals surface area contributed by atoms with Crippen LogP contribution >= 0.6 is 12.4 Å². The number of likely N-dealkylation sites (N-methyl/N-ethyl adjacent to an activating group) is 1. The van der Waals surface area contributed by atoms with E-state index in [1.807, 2.05) is 24.3 Å². The van der Waals surface area contributed by atoms with Crippen molar-refractivity contribution < 1.29 is 9.53 Å². The van der Waals surface area contributed by atoms with Crippen LogP contribution in [0.5, 0.6) is 5.75 Å². The first-order valence-corrected chi connectivity index (χ1v) is 8.15. The highest BCUT2D eigenvalue weighted by Gasteiger charge is 2.24. The first-order valence-electron chi connectivity index (χ1n) is 8.15. The third-order valence-corrected chi connectivity index (χ3v) is 4.11. The zero-order valence-electron chi connectivity index (χ0n) is 14.0. The van der Waals surface area contributed by atoms with Crippen LogP contribution in [-0.4, -0.2) is 50.1 Å². The van der Waals surface area contributed by atoms with Crippen molar-refractivity contribution in [2.45, 2.75) is 20.4 Å². The number of carbonyl (C=O) groups excluding carboxylic acids is 1. The van der Waals surface area contributed by atoms with Crippen LogP contribution in [0.15, 0.2) is 24.3 Å². The molecule has 1 aliphatic rings. The minimum Gasteiger partial charge on any atom is -0.492 e. The Hall–Kier alpha value is -1.30. The van der Waals surface area contributed by atoms with E-state index in [-0.39, 0.29) is 24.2 Å². The summed E-state index contributed by atoms with van der Waals surface area (Å²) >= 11 is 0. The Morgan fingerprint density at radius 1 is 1.26 bits per heavy atom. The van der Waals surface area contributed by atoms with Crippen molar-refractivity contribution >= 4 is 18.3 Å². The van der Waals surface area contributed by atoms with Crippen molar-refractivity contribution in [3.63, 3.8) is 0 Å². The summed E-state index contributed by atoms with van der Waals surface area (Å²) in [7, 11) is 0. The summed E-state index contributed by atoms with van der Waals surface area (Å²) in [5, 5.41) is 6.07. The largest absolute Gasteiger partial charge is 0.492 e. The molecule has 5 nitrogen and oxygen atoms in total. The summed E-state index contributed by atoms with van der Waals surface area (Å²) in [4.78, 5) is 14.1. The third-order valence-electron chi connectivity index (χ3n) is 4.11. The summed E-state index contributed by atoms with van der Waals surface area (Å²) in [6, 6.07) is 7.95. The molecule has 1 saturated heterocycles. The lowest BCUT2D eigenvalue weighted by atomic mass is 10.0. The van der Waals surface area contributed by atoms with Crippen LogP contribution in [0.3, 0.4) is 0 Å². The van der Waals surface area contributed by atoms with Crippen LogP contribution in [-0.2, 0) is 11.3 Å². The van der Waals surface area contributed by atoms with Gasteiger partial charge < -0.3 is 20.3 Å². The standard InChI is InChI=1S/C17H27N3O2.ClH/c1-3-20(4-2)9-10-22-16-7-5-14(6-8-16)11-19-17(21)15-12-18-13-15;/h5-8,15,18H,3-4,9-13H2,1-2H3,(H,19,21);1H. The molecule has 1 fully saturated rings. The van der Waals surface area contributed by atoms with Gasteiger partial charge in [0.15, 0.2) is 0 Å². The number of amides is 1. The van der Waals surface area contributed by atoms with Gasteiger partial charge in [-0.2, -0.15) is 0 Å². The average molecular weight is 342 g/mol. The van der Waals surface area contributed by atoms with Gasteiger partial charge in [0.1, 0.15) is 12.4 Å². The predicted molar refractivity (Wildman–Crippen MR) is 95.2 cm³/mol. The Balaban J connectivity index is 0.00000264. The Kier molecular flexibility index (Phi) is 8.99. The van der Waals surface area contributed by atoms with Crippen molar-refractivity contribution in [2.24, 2.45) is 5.92 Å². The number of rotatable bonds is 9. The predicted octanol–water partition coefficient (Wildman–Crippen LogP) is 1.66.